The van der Waals surface area contributed by atoms with E-state index >= 15 is 0 Å². The fourth-order valence-corrected chi connectivity index (χ4v) is 1.81. The van der Waals surface area contributed by atoms with Crippen LogP contribution in [0.4, 0.5) is 13.2 Å². The van der Waals surface area contributed by atoms with E-state index in [0.29, 0.717) is 19.3 Å². The maximum Gasteiger partial charge on any atom is 0.411 e. The smallest absolute Gasteiger partial charge is 0.372 e. The van der Waals surface area contributed by atoms with Gasteiger partial charge in [0.2, 0.25) is 0 Å². The molecule has 88 valence electrons. The van der Waals surface area contributed by atoms with E-state index in [0.717, 1.165) is 12.8 Å². The SMILES string of the molecule is O=C1CCCC1CCCOCC(F)(F)F. The van der Waals surface area contributed by atoms with Gasteiger partial charge in [0, 0.05) is 18.9 Å². The Morgan fingerprint density at radius 1 is 1.40 bits per heavy atom. The Labute approximate surface area is 86.8 Å². The van der Waals surface area contributed by atoms with Crippen molar-refractivity contribution in [3.63, 3.8) is 0 Å². The normalized spacial score (nSPS) is 22.3. The van der Waals surface area contributed by atoms with Crippen LogP contribution in [0.25, 0.3) is 0 Å². The van der Waals surface area contributed by atoms with Gasteiger partial charge < -0.3 is 4.74 Å². The second-order valence-electron chi connectivity index (χ2n) is 3.87. The van der Waals surface area contributed by atoms with Crippen LogP contribution in [0, 0.1) is 5.92 Å². The summed E-state index contributed by atoms with van der Waals surface area (Å²) < 4.78 is 39.5. The molecular weight excluding hydrogens is 209 g/mol. The monoisotopic (exact) mass is 224 g/mol. The number of ether oxygens (including phenoxy) is 1. The Morgan fingerprint density at radius 2 is 2.13 bits per heavy atom. The molecule has 15 heavy (non-hydrogen) atoms. The average Bonchev–Trinajstić information content (AvgIpc) is 2.49. The molecule has 1 fully saturated rings. The Balaban J connectivity index is 2.00. The summed E-state index contributed by atoms with van der Waals surface area (Å²) in [4.78, 5) is 11.2. The summed E-state index contributed by atoms with van der Waals surface area (Å²) in [7, 11) is 0. The minimum atomic E-state index is -4.25. The molecule has 1 unspecified atom stereocenters. The zero-order chi connectivity index (χ0) is 11.3. The lowest BCUT2D eigenvalue weighted by atomic mass is 10.0. The molecule has 0 N–H and O–H groups in total. The molecule has 0 spiro atoms. The van der Waals surface area contributed by atoms with Crippen LogP contribution in [-0.4, -0.2) is 25.2 Å². The van der Waals surface area contributed by atoms with Gasteiger partial charge in [-0.15, -0.1) is 0 Å². The van der Waals surface area contributed by atoms with Crippen molar-refractivity contribution in [1.29, 1.82) is 0 Å². The van der Waals surface area contributed by atoms with Crippen LogP contribution in [0.5, 0.6) is 0 Å². The number of carbonyl (C=O) groups is 1. The van der Waals surface area contributed by atoms with Gasteiger partial charge in [-0.2, -0.15) is 13.2 Å². The van der Waals surface area contributed by atoms with Crippen molar-refractivity contribution in [1.82, 2.24) is 0 Å². The topological polar surface area (TPSA) is 26.3 Å². The van der Waals surface area contributed by atoms with E-state index in [4.69, 9.17) is 0 Å². The highest BCUT2D eigenvalue weighted by atomic mass is 19.4. The molecule has 1 saturated carbocycles. The first kappa shape index (κ1) is 12.5. The van der Waals surface area contributed by atoms with E-state index in [9.17, 15) is 18.0 Å². The van der Waals surface area contributed by atoms with Gasteiger partial charge in [-0.25, -0.2) is 0 Å². The largest absolute Gasteiger partial charge is 0.411 e. The predicted molar refractivity (Wildman–Crippen MR) is 48.5 cm³/mol. The summed E-state index contributed by atoms with van der Waals surface area (Å²) in [5, 5.41) is 0. The van der Waals surface area contributed by atoms with Crippen molar-refractivity contribution in [3.05, 3.63) is 0 Å². The molecule has 0 aliphatic heterocycles. The maximum absolute atomic E-state index is 11.7. The molecule has 1 atom stereocenters. The molecule has 1 rings (SSSR count). The minimum Gasteiger partial charge on any atom is -0.372 e. The molecule has 0 aromatic heterocycles. The number of Topliss-reactive ketones (excluding diaryl/α,β-unsaturated/α-hetero) is 1. The number of halogens is 3. The molecule has 2 nitrogen and oxygen atoms in total. The molecule has 0 radical (unpaired) electrons. The maximum atomic E-state index is 11.7. The van der Waals surface area contributed by atoms with E-state index in [1.807, 2.05) is 0 Å². The van der Waals surface area contributed by atoms with Crippen LogP contribution in [0.15, 0.2) is 0 Å². The zero-order valence-electron chi connectivity index (χ0n) is 8.48. The lowest BCUT2D eigenvalue weighted by Gasteiger charge is -2.09. The molecule has 5 heteroatoms. The third-order valence-electron chi connectivity index (χ3n) is 2.54. The third-order valence-corrected chi connectivity index (χ3v) is 2.54. The van der Waals surface area contributed by atoms with Gasteiger partial charge in [0.25, 0.3) is 0 Å². The minimum absolute atomic E-state index is 0.0690. The van der Waals surface area contributed by atoms with Crippen LogP contribution in [0.3, 0.4) is 0 Å². The fraction of sp³-hybridized carbons (Fsp3) is 0.900. The predicted octanol–water partition coefficient (Wildman–Crippen LogP) is 2.71. The van der Waals surface area contributed by atoms with E-state index in [1.165, 1.54) is 0 Å². The zero-order valence-corrected chi connectivity index (χ0v) is 8.48. The Bertz CT molecular complexity index is 213. The Morgan fingerprint density at radius 3 is 2.67 bits per heavy atom. The van der Waals surface area contributed by atoms with Gasteiger partial charge in [-0.1, -0.05) is 0 Å². The summed E-state index contributed by atoms with van der Waals surface area (Å²) in [5.74, 6) is 0.324. The average molecular weight is 224 g/mol. The summed E-state index contributed by atoms with van der Waals surface area (Å²) in [6.07, 6.45) is -0.606. The van der Waals surface area contributed by atoms with Gasteiger partial charge >= 0.3 is 6.18 Å². The second kappa shape index (κ2) is 5.49. The number of alkyl halides is 3. The van der Waals surface area contributed by atoms with Crippen LogP contribution in [0.1, 0.15) is 32.1 Å². The first-order valence-electron chi connectivity index (χ1n) is 5.16. The van der Waals surface area contributed by atoms with E-state index in [-0.39, 0.29) is 18.3 Å². The van der Waals surface area contributed by atoms with Gasteiger partial charge in [0.1, 0.15) is 12.4 Å². The standard InChI is InChI=1S/C10H15F3O2/c11-10(12,13)7-15-6-2-4-8-3-1-5-9(8)14/h8H,1-7H2. The summed E-state index contributed by atoms with van der Waals surface area (Å²) in [5.41, 5.74) is 0. The summed E-state index contributed by atoms with van der Waals surface area (Å²) >= 11 is 0. The van der Waals surface area contributed by atoms with Crippen molar-refractivity contribution in [3.8, 4) is 0 Å². The van der Waals surface area contributed by atoms with E-state index in [2.05, 4.69) is 4.74 Å². The van der Waals surface area contributed by atoms with Gasteiger partial charge in [-0.05, 0) is 25.7 Å². The van der Waals surface area contributed by atoms with E-state index < -0.39 is 12.8 Å². The highest BCUT2D eigenvalue weighted by Gasteiger charge is 2.27. The first-order chi connectivity index (χ1) is 6.99. The van der Waals surface area contributed by atoms with Gasteiger partial charge in [0.15, 0.2) is 0 Å². The molecule has 0 heterocycles. The second-order valence-corrected chi connectivity index (χ2v) is 3.87. The number of rotatable bonds is 5. The first-order valence-corrected chi connectivity index (χ1v) is 5.16. The van der Waals surface area contributed by atoms with Crippen LogP contribution in [-0.2, 0) is 9.53 Å². The quantitative estimate of drug-likeness (QED) is 0.671. The fourth-order valence-electron chi connectivity index (χ4n) is 1.81. The van der Waals surface area contributed by atoms with Crippen molar-refractivity contribution in [2.45, 2.75) is 38.3 Å². The molecule has 0 saturated heterocycles. The highest BCUT2D eigenvalue weighted by Crippen LogP contribution is 2.25. The number of hydrogen-bond donors (Lipinski definition) is 0. The molecule has 0 aromatic rings. The molecule has 1 aliphatic carbocycles. The van der Waals surface area contributed by atoms with Gasteiger partial charge in [-0.3, -0.25) is 4.79 Å². The number of ketones is 1. The Kier molecular flexibility index (Phi) is 4.57. The van der Waals surface area contributed by atoms with Crippen molar-refractivity contribution in [2.75, 3.05) is 13.2 Å². The van der Waals surface area contributed by atoms with Crippen LogP contribution < -0.4 is 0 Å². The van der Waals surface area contributed by atoms with E-state index in [1.54, 1.807) is 0 Å². The molecule has 0 amide bonds. The number of carbonyl (C=O) groups excluding carboxylic acids is 1. The molecule has 0 aromatic carbocycles. The van der Waals surface area contributed by atoms with Crippen LogP contribution >= 0.6 is 0 Å². The Hall–Kier alpha value is -0.580. The van der Waals surface area contributed by atoms with Crippen molar-refractivity contribution < 1.29 is 22.7 Å². The van der Waals surface area contributed by atoms with Crippen LogP contribution in [0.2, 0.25) is 0 Å². The summed E-state index contributed by atoms with van der Waals surface area (Å²) in [6, 6.07) is 0. The van der Waals surface area contributed by atoms with Crippen molar-refractivity contribution in [2.24, 2.45) is 5.92 Å². The molecule has 1 aliphatic rings. The lowest BCUT2D eigenvalue weighted by molar-refractivity contribution is -0.174. The lowest BCUT2D eigenvalue weighted by Crippen LogP contribution is -2.17. The third kappa shape index (κ3) is 5.16. The van der Waals surface area contributed by atoms with Gasteiger partial charge in [0.05, 0.1) is 0 Å². The van der Waals surface area contributed by atoms with Crippen molar-refractivity contribution >= 4 is 5.78 Å². The molecular formula is C10H15F3O2. The molecule has 0 bridgehead atoms. The summed E-state index contributed by atoms with van der Waals surface area (Å²) in [6.45, 7) is -1.10. The number of hydrogen-bond acceptors (Lipinski definition) is 2. The highest BCUT2D eigenvalue weighted by molar-refractivity contribution is 5.82.